The minimum absolute atomic E-state index is 0.196. The number of carbonyl (C=O) groups excluding carboxylic acids is 2. The van der Waals surface area contributed by atoms with Crippen LogP contribution in [0.4, 0.5) is 0 Å². The smallest absolute Gasteiger partial charge is 0.326 e. The zero-order chi connectivity index (χ0) is 14.0. The molecule has 0 aliphatic heterocycles. The van der Waals surface area contributed by atoms with Gasteiger partial charge in [0.1, 0.15) is 6.04 Å². The highest BCUT2D eigenvalue weighted by molar-refractivity contribution is 5.87. The van der Waals surface area contributed by atoms with E-state index in [1.54, 1.807) is 19.1 Å². The van der Waals surface area contributed by atoms with Crippen LogP contribution in [0.25, 0.3) is 0 Å². The van der Waals surface area contributed by atoms with Gasteiger partial charge in [0.05, 0.1) is 6.54 Å². The van der Waals surface area contributed by atoms with Crippen molar-refractivity contribution in [1.82, 2.24) is 10.6 Å². The number of aliphatic carboxylic acids is 1. The first-order valence-corrected chi connectivity index (χ1v) is 5.91. The van der Waals surface area contributed by atoms with Crippen molar-refractivity contribution < 1.29 is 19.5 Å². The lowest BCUT2D eigenvalue weighted by Crippen LogP contribution is -2.45. The SMILES string of the molecule is C/C=C/CC(NC(=O)CNC(=O)CCC)C(=O)O. The first kappa shape index (κ1) is 16.1. The van der Waals surface area contributed by atoms with Crippen molar-refractivity contribution in [3.8, 4) is 0 Å². The molecule has 1 unspecified atom stereocenters. The Hall–Kier alpha value is -1.85. The van der Waals surface area contributed by atoms with Crippen molar-refractivity contribution in [2.24, 2.45) is 0 Å². The van der Waals surface area contributed by atoms with Gasteiger partial charge in [-0.15, -0.1) is 0 Å². The van der Waals surface area contributed by atoms with Crippen molar-refractivity contribution in [3.05, 3.63) is 12.2 Å². The van der Waals surface area contributed by atoms with Crippen molar-refractivity contribution in [1.29, 1.82) is 0 Å². The molecule has 0 rings (SSSR count). The zero-order valence-electron chi connectivity index (χ0n) is 10.7. The molecule has 102 valence electrons. The molecule has 0 aliphatic carbocycles. The van der Waals surface area contributed by atoms with Crippen LogP contribution in [-0.4, -0.2) is 35.5 Å². The monoisotopic (exact) mass is 256 g/mol. The molecule has 0 aromatic heterocycles. The highest BCUT2D eigenvalue weighted by atomic mass is 16.4. The topological polar surface area (TPSA) is 95.5 Å². The third kappa shape index (κ3) is 7.43. The summed E-state index contributed by atoms with van der Waals surface area (Å²) < 4.78 is 0. The summed E-state index contributed by atoms with van der Waals surface area (Å²) in [4.78, 5) is 33.4. The van der Waals surface area contributed by atoms with Crippen LogP contribution >= 0.6 is 0 Å². The second kappa shape index (κ2) is 9.21. The average Bonchev–Trinajstić information content (AvgIpc) is 2.32. The van der Waals surface area contributed by atoms with Crippen LogP contribution in [-0.2, 0) is 14.4 Å². The number of nitrogens with one attached hydrogen (secondary N) is 2. The fourth-order valence-electron chi connectivity index (χ4n) is 1.23. The van der Waals surface area contributed by atoms with E-state index < -0.39 is 17.9 Å². The highest BCUT2D eigenvalue weighted by Gasteiger charge is 2.18. The van der Waals surface area contributed by atoms with E-state index in [2.05, 4.69) is 10.6 Å². The normalized spacial score (nSPS) is 12.1. The number of hydrogen-bond donors (Lipinski definition) is 3. The van der Waals surface area contributed by atoms with Gasteiger partial charge in [-0.3, -0.25) is 9.59 Å². The minimum Gasteiger partial charge on any atom is -0.480 e. The molecule has 0 aliphatic rings. The maximum absolute atomic E-state index is 11.4. The molecule has 2 amide bonds. The van der Waals surface area contributed by atoms with Gasteiger partial charge in [0.25, 0.3) is 0 Å². The number of carbonyl (C=O) groups is 3. The van der Waals surface area contributed by atoms with E-state index in [0.717, 1.165) is 0 Å². The number of allylic oxidation sites excluding steroid dienone is 1. The number of carboxylic acids is 1. The molecule has 1 atom stereocenters. The lowest BCUT2D eigenvalue weighted by Gasteiger charge is -2.12. The number of amides is 2. The van der Waals surface area contributed by atoms with Crippen LogP contribution in [0.1, 0.15) is 33.1 Å². The van der Waals surface area contributed by atoms with Gasteiger partial charge in [-0.2, -0.15) is 0 Å². The van der Waals surface area contributed by atoms with E-state index in [1.165, 1.54) is 0 Å². The lowest BCUT2D eigenvalue weighted by molar-refractivity contribution is -0.141. The van der Waals surface area contributed by atoms with Crippen LogP contribution in [0.15, 0.2) is 12.2 Å². The van der Waals surface area contributed by atoms with Crippen LogP contribution in [0.2, 0.25) is 0 Å². The molecule has 0 heterocycles. The van der Waals surface area contributed by atoms with E-state index in [1.807, 2.05) is 6.92 Å². The van der Waals surface area contributed by atoms with Crippen molar-refractivity contribution in [3.63, 3.8) is 0 Å². The van der Waals surface area contributed by atoms with Crippen LogP contribution in [0.3, 0.4) is 0 Å². The average molecular weight is 256 g/mol. The Morgan fingerprint density at radius 2 is 1.94 bits per heavy atom. The summed E-state index contributed by atoms with van der Waals surface area (Å²) in [6.07, 6.45) is 4.65. The molecule has 0 aromatic carbocycles. The summed E-state index contributed by atoms with van der Waals surface area (Å²) >= 11 is 0. The van der Waals surface area contributed by atoms with Gasteiger partial charge in [-0.25, -0.2) is 4.79 Å². The molecule has 0 saturated carbocycles. The van der Waals surface area contributed by atoms with Gasteiger partial charge in [0.15, 0.2) is 0 Å². The van der Waals surface area contributed by atoms with Crippen molar-refractivity contribution >= 4 is 17.8 Å². The summed E-state index contributed by atoms with van der Waals surface area (Å²) in [6, 6.07) is -0.961. The highest BCUT2D eigenvalue weighted by Crippen LogP contribution is 1.94. The van der Waals surface area contributed by atoms with Gasteiger partial charge in [0, 0.05) is 6.42 Å². The second-order valence-electron chi connectivity index (χ2n) is 3.79. The van der Waals surface area contributed by atoms with E-state index in [-0.39, 0.29) is 18.9 Å². The second-order valence-corrected chi connectivity index (χ2v) is 3.79. The van der Waals surface area contributed by atoms with Gasteiger partial charge < -0.3 is 15.7 Å². The Morgan fingerprint density at radius 1 is 1.28 bits per heavy atom. The molecule has 3 N–H and O–H groups in total. The lowest BCUT2D eigenvalue weighted by atomic mass is 10.2. The van der Waals surface area contributed by atoms with Crippen LogP contribution < -0.4 is 10.6 Å². The molecule has 0 saturated heterocycles. The first-order chi connectivity index (χ1) is 8.51. The third-order valence-electron chi connectivity index (χ3n) is 2.16. The van der Waals surface area contributed by atoms with E-state index >= 15 is 0 Å². The predicted molar refractivity (Wildman–Crippen MR) is 66.9 cm³/mol. The molecule has 6 heteroatoms. The molecule has 0 radical (unpaired) electrons. The summed E-state index contributed by atoms with van der Waals surface area (Å²) in [5.74, 6) is -1.81. The van der Waals surface area contributed by atoms with Gasteiger partial charge in [0.2, 0.25) is 11.8 Å². The molecule has 0 bridgehead atoms. The Kier molecular flexibility index (Phi) is 8.26. The largest absolute Gasteiger partial charge is 0.480 e. The molecule has 6 nitrogen and oxygen atoms in total. The van der Waals surface area contributed by atoms with Crippen molar-refractivity contribution in [2.75, 3.05) is 6.54 Å². The van der Waals surface area contributed by atoms with Crippen molar-refractivity contribution in [2.45, 2.75) is 39.2 Å². The minimum atomic E-state index is -1.10. The Labute approximate surface area is 106 Å². The molecular weight excluding hydrogens is 236 g/mol. The summed E-state index contributed by atoms with van der Waals surface area (Å²) in [7, 11) is 0. The standard InChI is InChI=1S/C12H20N2O4/c1-3-5-7-9(12(17)18)14-11(16)8-13-10(15)6-4-2/h3,5,9H,4,6-8H2,1-2H3,(H,13,15)(H,14,16)(H,17,18)/b5-3+. The third-order valence-corrected chi connectivity index (χ3v) is 2.16. The zero-order valence-corrected chi connectivity index (χ0v) is 10.7. The molecular formula is C12H20N2O4. The van der Waals surface area contributed by atoms with E-state index in [4.69, 9.17) is 5.11 Å². The van der Waals surface area contributed by atoms with E-state index in [0.29, 0.717) is 12.8 Å². The molecule has 18 heavy (non-hydrogen) atoms. The molecule has 0 spiro atoms. The Morgan fingerprint density at radius 3 is 2.44 bits per heavy atom. The maximum Gasteiger partial charge on any atom is 0.326 e. The number of carboxylic acid groups (broad SMARTS) is 1. The fraction of sp³-hybridized carbons (Fsp3) is 0.583. The molecule has 0 fully saturated rings. The maximum atomic E-state index is 11.4. The Balaban J connectivity index is 4.10. The van der Waals surface area contributed by atoms with Crippen LogP contribution in [0.5, 0.6) is 0 Å². The quantitative estimate of drug-likeness (QED) is 0.549. The molecule has 0 aromatic rings. The summed E-state index contributed by atoms with van der Waals surface area (Å²) in [5.41, 5.74) is 0. The fourth-order valence-corrected chi connectivity index (χ4v) is 1.23. The predicted octanol–water partition coefficient (Wildman–Crippen LogP) is 0.438. The number of hydrogen-bond acceptors (Lipinski definition) is 3. The number of rotatable bonds is 8. The summed E-state index contributed by atoms with van der Waals surface area (Å²) in [6.45, 7) is 3.43. The van der Waals surface area contributed by atoms with E-state index in [9.17, 15) is 14.4 Å². The summed E-state index contributed by atoms with van der Waals surface area (Å²) in [5, 5.41) is 13.6. The first-order valence-electron chi connectivity index (χ1n) is 5.91. The van der Waals surface area contributed by atoms with Gasteiger partial charge >= 0.3 is 5.97 Å². The Bertz CT molecular complexity index is 326. The van der Waals surface area contributed by atoms with Gasteiger partial charge in [-0.05, 0) is 19.8 Å². The van der Waals surface area contributed by atoms with Gasteiger partial charge in [-0.1, -0.05) is 19.1 Å². The van der Waals surface area contributed by atoms with Crippen LogP contribution in [0, 0.1) is 0 Å².